The van der Waals surface area contributed by atoms with Gasteiger partial charge in [-0.1, -0.05) is 20.8 Å². The maximum absolute atomic E-state index is 12.3. The number of carbonyl (C=O) groups excluding carboxylic acids is 1. The van der Waals surface area contributed by atoms with Crippen LogP contribution in [0, 0.1) is 0 Å². The van der Waals surface area contributed by atoms with Crippen LogP contribution in [0.4, 0.5) is 0 Å². The van der Waals surface area contributed by atoms with E-state index >= 15 is 0 Å². The maximum atomic E-state index is 12.3. The van der Waals surface area contributed by atoms with Gasteiger partial charge in [-0.3, -0.25) is 9.69 Å². The third-order valence-corrected chi connectivity index (χ3v) is 3.66. The van der Waals surface area contributed by atoms with Crippen molar-refractivity contribution in [3.05, 3.63) is 0 Å². The summed E-state index contributed by atoms with van der Waals surface area (Å²) in [6, 6.07) is 0. The molecule has 0 aromatic rings. The Bertz CT molecular complexity index is 230. The molecular formula is C13H26N2O. The minimum absolute atomic E-state index is 0.203. The van der Waals surface area contributed by atoms with E-state index in [0.717, 1.165) is 51.7 Å². The quantitative estimate of drug-likeness (QED) is 0.753. The normalized spacial score (nSPS) is 25.9. The lowest BCUT2D eigenvalue weighted by molar-refractivity contribution is -0.132. The van der Waals surface area contributed by atoms with Gasteiger partial charge in [-0.25, -0.2) is 0 Å². The van der Waals surface area contributed by atoms with Gasteiger partial charge in [0.25, 0.3) is 0 Å². The molecule has 0 bridgehead atoms. The second-order valence-corrected chi connectivity index (χ2v) is 4.73. The number of nitrogens with zero attached hydrogens (tertiary/aromatic N) is 1. The van der Waals surface area contributed by atoms with Gasteiger partial charge in [-0.05, 0) is 45.2 Å². The molecule has 1 aliphatic heterocycles. The van der Waals surface area contributed by atoms with Gasteiger partial charge in [-0.15, -0.1) is 0 Å². The van der Waals surface area contributed by atoms with E-state index in [-0.39, 0.29) is 11.4 Å². The molecule has 1 rings (SSSR count). The molecule has 0 aromatic carbocycles. The van der Waals surface area contributed by atoms with Crippen LogP contribution in [0.25, 0.3) is 0 Å². The smallest absolute Gasteiger partial charge is 0.240 e. The van der Waals surface area contributed by atoms with E-state index < -0.39 is 0 Å². The van der Waals surface area contributed by atoms with Crippen LogP contribution in [0.15, 0.2) is 0 Å². The summed E-state index contributed by atoms with van der Waals surface area (Å²) < 4.78 is 0. The zero-order valence-electron chi connectivity index (χ0n) is 11.0. The molecule has 1 saturated heterocycles. The molecule has 94 valence electrons. The van der Waals surface area contributed by atoms with E-state index in [0.29, 0.717) is 0 Å². The number of rotatable bonds is 6. The third-order valence-electron chi connectivity index (χ3n) is 3.66. The molecule has 1 aliphatic rings. The molecule has 0 radical (unpaired) electrons. The molecule has 1 amide bonds. The van der Waals surface area contributed by atoms with Gasteiger partial charge < -0.3 is 5.32 Å². The minimum Gasteiger partial charge on any atom is -0.355 e. The first-order valence-electron chi connectivity index (χ1n) is 6.74. The summed E-state index contributed by atoms with van der Waals surface area (Å²) >= 11 is 0. The summed E-state index contributed by atoms with van der Waals surface area (Å²) in [6.07, 6.45) is 5.26. The topological polar surface area (TPSA) is 32.3 Å². The number of carbonyl (C=O) groups is 1. The lowest BCUT2D eigenvalue weighted by Gasteiger charge is -2.36. The highest BCUT2D eigenvalue weighted by atomic mass is 16.2. The van der Waals surface area contributed by atoms with Crippen LogP contribution in [-0.2, 0) is 4.79 Å². The van der Waals surface area contributed by atoms with Crippen LogP contribution in [0.5, 0.6) is 0 Å². The SMILES string of the molecule is CCCNC(=O)[C@@]1(CC)CCCN1CCC. The van der Waals surface area contributed by atoms with Crippen molar-refractivity contribution in [1.82, 2.24) is 10.2 Å². The minimum atomic E-state index is -0.203. The van der Waals surface area contributed by atoms with Crippen LogP contribution in [0.1, 0.15) is 52.9 Å². The van der Waals surface area contributed by atoms with Crippen LogP contribution in [-0.4, -0.2) is 36.0 Å². The summed E-state index contributed by atoms with van der Waals surface area (Å²) in [4.78, 5) is 14.7. The first-order valence-corrected chi connectivity index (χ1v) is 6.74. The summed E-state index contributed by atoms with van der Waals surface area (Å²) in [5.74, 6) is 0.253. The molecule has 1 fully saturated rings. The molecule has 1 heterocycles. The number of hydrogen-bond donors (Lipinski definition) is 1. The van der Waals surface area contributed by atoms with Crippen molar-refractivity contribution >= 4 is 5.91 Å². The molecule has 0 aromatic heterocycles. The first-order chi connectivity index (χ1) is 7.71. The largest absolute Gasteiger partial charge is 0.355 e. The van der Waals surface area contributed by atoms with Gasteiger partial charge in [0.1, 0.15) is 5.54 Å². The molecule has 1 N–H and O–H groups in total. The zero-order valence-corrected chi connectivity index (χ0v) is 11.0. The summed E-state index contributed by atoms with van der Waals surface area (Å²) in [7, 11) is 0. The van der Waals surface area contributed by atoms with Crippen molar-refractivity contribution < 1.29 is 4.79 Å². The number of nitrogens with one attached hydrogen (secondary N) is 1. The molecular weight excluding hydrogens is 200 g/mol. The lowest BCUT2D eigenvalue weighted by atomic mass is 9.91. The highest BCUT2D eigenvalue weighted by Crippen LogP contribution is 2.32. The zero-order chi connectivity index (χ0) is 12.0. The summed E-state index contributed by atoms with van der Waals surface area (Å²) in [6.45, 7) is 9.36. The fourth-order valence-corrected chi connectivity index (χ4v) is 2.75. The molecule has 0 spiro atoms. The van der Waals surface area contributed by atoms with E-state index in [1.165, 1.54) is 0 Å². The number of hydrogen-bond acceptors (Lipinski definition) is 2. The Labute approximate surface area is 99.6 Å². The molecule has 0 unspecified atom stereocenters. The van der Waals surface area contributed by atoms with Crippen LogP contribution >= 0.6 is 0 Å². The van der Waals surface area contributed by atoms with Crippen molar-refractivity contribution in [2.45, 2.75) is 58.4 Å². The molecule has 0 aliphatic carbocycles. The van der Waals surface area contributed by atoms with Crippen LogP contribution < -0.4 is 5.32 Å². The van der Waals surface area contributed by atoms with Crippen molar-refractivity contribution in [2.24, 2.45) is 0 Å². The Morgan fingerprint density at radius 3 is 2.62 bits per heavy atom. The third kappa shape index (κ3) is 2.57. The Morgan fingerprint density at radius 1 is 1.31 bits per heavy atom. The van der Waals surface area contributed by atoms with E-state index in [1.807, 2.05) is 0 Å². The van der Waals surface area contributed by atoms with Crippen molar-refractivity contribution in [3.63, 3.8) is 0 Å². The Kier molecular flexibility index (Phi) is 5.26. The van der Waals surface area contributed by atoms with E-state index in [4.69, 9.17) is 0 Å². The maximum Gasteiger partial charge on any atom is 0.240 e. The van der Waals surface area contributed by atoms with Gasteiger partial charge in [0.2, 0.25) is 5.91 Å². The number of amides is 1. The summed E-state index contributed by atoms with van der Waals surface area (Å²) in [5, 5.41) is 3.07. The predicted molar refractivity (Wildman–Crippen MR) is 67.4 cm³/mol. The molecule has 1 atom stereocenters. The Morgan fingerprint density at radius 2 is 2.06 bits per heavy atom. The second-order valence-electron chi connectivity index (χ2n) is 4.73. The van der Waals surface area contributed by atoms with Gasteiger partial charge in [-0.2, -0.15) is 0 Å². The van der Waals surface area contributed by atoms with Crippen molar-refractivity contribution in [2.75, 3.05) is 19.6 Å². The Hall–Kier alpha value is -0.570. The number of likely N-dealkylation sites (tertiary alicyclic amines) is 1. The van der Waals surface area contributed by atoms with Crippen molar-refractivity contribution in [1.29, 1.82) is 0 Å². The average Bonchev–Trinajstić information content (AvgIpc) is 2.70. The highest BCUT2D eigenvalue weighted by molar-refractivity contribution is 5.86. The van der Waals surface area contributed by atoms with Gasteiger partial charge in [0.05, 0.1) is 0 Å². The van der Waals surface area contributed by atoms with Gasteiger partial charge in [0, 0.05) is 6.54 Å². The van der Waals surface area contributed by atoms with Gasteiger partial charge >= 0.3 is 0 Å². The van der Waals surface area contributed by atoms with E-state index in [1.54, 1.807) is 0 Å². The monoisotopic (exact) mass is 226 g/mol. The molecule has 3 heteroatoms. The summed E-state index contributed by atoms with van der Waals surface area (Å²) in [5.41, 5.74) is -0.203. The first kappa shape index (κ1) is 13.5. The fourth-order valence-electron chi connectivity index (χ4n) is 2.75. The van der Waals surface area contributed by atoms with Crippen LogP contribution in [0.3, 0.4) is 0 Å². The van der Waals surface area contributed by atoms with Gasteiger partial charge in [0.15, 0.2) is 0 Å². The molecule has 16 heavy (non-hydrogen) atoms. The average molecular weight is 226 g/mol. The Balaban J connectivity index is 2.70. The lowest BCUT2D eigenvalue weighted by Crippen LogP contribution is -2.55. The van der Waals surface area contributed by atoms with Crippen molar-refractivity contribution in [3.8, 4) is 0 Å². The fraction of sp³-hybridized carbons (Fsp3) is 0.923. The molecule has 3 nitrogen and oxygen atoms in total. The highest BCUT2D eigenvalue weighted by Gasteiger charge is 2.44. The molecule has 0 saturated carbocycles. The van der Waals surface area contributed by atoms with Crippen LogP contribution in [0.2, 0.25) is 0 Å². The standard InChI is InChI=1S/C13H26N2O/c1-4-9-14-12(16)13(6-3)8-7-11-15(13)10-5-2/h4-11H2,1-3H3,(H,14,16)/t13-/m1/s1. The predicted octanol–water partition coefficient (Wildman–Crippen LogP) is 2.17. The van der Waals surface area contributed by atoms with E-state index in [9.17, 15) is 4.79 Å². The van der Waals surface area contributed by atoms with E-state index in [2.05, 4.69) is 31.0 Å². The second kappa shape index (κ2) is 6.24.